The molecule has 11 aromatic rings. The number of benzene rings is 8. The van der Waals surface area contributed by atoms with Gasteiger partial charge in [-0.15, -0.1) is 11.3 Å². The second-order valence-electron chi connectivity index (χ2n) is 15.3. The highest BCUT2D eigenvalue weighted by Gasteiger charge is 2.37. The predicted molar refractivity (Wildman–Crippen MR) is 250 cm³/mol. The molecule has 0 fully saturated rings. The highest BCUT2D eigenvalue weighted by molar-refractivity contribution is 7.22. The molecular weight excluding hydrogens is 765 g/mol. The molecule has 61 heavy (non-hydrogen) atoms. The summed E-state index contributed by atoms with van der Waals surface area (Å²) in [6.07, 6.45) is 0. The van der Waals surface area contributed by atoms with E-state index < -0.39 is 19.1 Å². The molecule has 0 spiro atoms. The van der Waals surface area contributed by atoms with Crippen LogP contribution in [0.3, 0.4) is 0 Å². The zero-order valence-electron chi connectivity index (χ0n) is 38.4. The number of furan rings is 1. The molecule has 12 rings (SSSR count). The molecule has 0 atom stereocenters. The van der Waals surface area contributed by atoms with Gasteiger partial charge in [-0.1, -0.05) is 177 Å². The van der Waals surface area contributed by atoms with E-state index in [4.69, 9.17) is 32.6 Å². The third kappa shape index (κ3) is 5.75. The molecule has 0 N–H and O–H groups in total. The molecule has 0 saturated heterocycles. The second kappa shape index (κ2) is 13.8. The number of thiazole rings is 1. The van der Waals surface area contributed by atoms with E-state index in [9.17, 15) is 0 Å². The van der Waals surface area contributed by atoms with Gasteiger partial charge >= 0.3 is 0 Å². The van der Waals surface area contributed by atoms with E-state index in [1.165, 1.54) is 11.3 Å². The van der Waals surface area contributed by atoms with Crippen LogP contribution in [-0.4, -0.2) is 19.9 Å². The standard InChI is InChI=1S/C55H36N4OS/c1-55(2)44-29-30-46-50(61-54(56-46)35-19-10-5-11-20-35)47(44)43-28-27-37(32-45(43)55)40-24-14-26-42-41-25-13-23-39(48(41)60-49(40)42)36-21-12-22-38(31-36)53-58-51(33-15-6-3-7-16-33)57-52(59-53)34-17-8-4-9-18-34/h3-32H,1-2H3/i1D3,2D3. The third-order valence-electron chi connectivity index (χ3n) is 11.6. The molecule has 0 unspecified atom stereocenters. The van der Waals surface area contributed by atoms with Crippen LogP contribution in [0.5, 0.6) is 0 Å². The van der Waals surface area contributed by atoms with Crippen LogP contribution >= 0.6 is 11.3 Å². The van der Waals surface area contributed by atoms with Crippen LogP contribution in [0.1, 0.15) is 33.1 Å². The lowest BCUT2D eigenvalue weighted by molar-refractivity contribution is 0.660. The van der Waals surface area contributed by atoms with Crippen molar-refractivity contribution in [3.8, 4) is 78.1 Å². The molecule has 1 aliphatic rings. The molecule has 8 aromatic carbocycles. The quantitative estimate of drug-likeness (QED) is 0.167. The lowest BCUT2D eigenvalue weighted by Crippen LogP contribution is -2.14. The van der Waals surface area contributed by atoms with E-state index >= 15 is 0 Å². The molecule has 0 bridgehead atoms. The number of aromatic nitrogens is 4. The van der Waals surface area contributed by atoms with E-state index in [2.05, 4.69) is 6.07 Å². The Morgan fingerprint density at radius 1 is 0.443 bits per heavy atom. The molecular formula is C55H36N4OS. The lowest BCUT2D eigenvalue weighted by Gasteiger charge is -2.22. The molecule has 0 aliphatic heterocycles. The second-order valence-corrected chi connectivity index (χ2v) is 16.3. The summed E-state index contributed by atoms with van der Waals surface area (Å²) in [4.78, 5) is 19.7. The molecule has 6 heteroatoms. The molecule has 0 saturated carbocycles. The summed E-state index contributed by atoms with van der Waals surface area (Å²) in [5, 5.41) is 2.53. The summed E-state index contributed by atoms with van der Waals surface area (Å²) in [6.45, 7) is -5.89. The average Bonchev–Trinajstić information content (AvgIpc) is 4.05. The Balaban J connectivity index is 1.00. The maximum Gasteiger partial charge on any atom is 0.164 e. The van der Waals surface area contributed by atoms with Crippen molar-refractivity contribution < 1.29 is 12.6 Å². The van der Waals surface area contributed by atoms with Gasteiger partial charge in [-0.05, 0) is 46.0 Å². The fourth-order valence-corrected chi connectivity index (χ4v) is 9.83. The minimum absolute atomic E-state index is 0.233. The molecule has 1 aliphatic carbocycles. The van der Waals surface area contributed by atoms with Crippen molar-refractivity contribution in [2.24, 2.45) is 0 Å². The Morgan fingerprint density at radius 3 is 1.61 bits per heavy atom. The number of fused-ring (bicyclic) bond motifs is 8. The third-order valence-corrected chi connectivity index (χ3v) is 12.8. The first-order valence-corrected chi connectivity index (χ1v) is 20.9. The maximum absolute atomic E-state index is 9.03. The monoisotopic (exact) mass is 806 g/mol. The Hall–Kier alpha value is -7.54. The lowest BCUT2D eigenvalue weighted by atomic mass is 9.81. The molecule has 3 aromatic heterocycles. The van der Waals surface area contributed by atoms with E-state index in [0.29, 0.717) is 56.4 Å². The van der Waals surface area contributed by atoms with Crippen molar-refractivity contribution >= 4 is 43.5 Å². The minimum Gasteiger partial charge on any atom is -0.455 e. The van der Waals surface area contributed by atoms with Gasteiger partial charge in [0.05, 0.1) is 10.2 Å². The molecule has 3 heterocycles. The Kier molecular flexibility index (Phi) is 6.69. The van der Waals surface area contributed by atoms with Gasteiger partial charge in [0.15, 0.2) is 17.5 Å². The summed E-state index contributed by atoms with van der Waals surface area (Å²) in [6, 6.07) is 58.5. The summed E-state index contributed by atoms with van der Waals surface area (Å²) >= 11 is 1.44. The van der Waals surface area contributed by atoms with Gasteiger partial charge in [0, 0.05) is 63.4 Å². The van der Waals surface area contributed by atoms with Crippen LogP contribution in [0.25, 0.3) is 110 Å². The van der Waals surface area contributed by atoms with Crippen molar-refractivity contribution in [1.82, 2.24) is 19.9 Å². The smallest absolute Gasteiger partial charge is 0.164 e. The maximum atomic E-state index is 9.03. The largest absolute Gasteiger partial charge is 0.455 e. The SMILES string of the molecule is [2H]C([2H])([2H])C1(C([2H])([2H])[2H])c2cc(-c3cccc4c3oc3c(-c5cccc(-c6nc(-c7ccccc7)nc(-c7ccccc7)n6)c5)cccc34)ccc2-c2c1ccc1nc(-c3ccccc3)sc21. The van der Waals surface area contributed by atoms with Crippen molar-refractivity contribution in [1.29, 1.82) is 0 Å². The summed E-state index contributed by atoms with van der Waals surface area (Å²) in [5.41, 5.74) is 7.90. The Labute approximate surface area is 365 Å². The molecule has 288 valence electrons. The molecule has 0 amide bonds. The van der Waals surface area contributed by atoms with E-state index in [0.717, 1.165) is 53.9 Å². The van der Waals surface area contributed by atoms with Crippen LogP contribution < -0.4 is 0 Å². The number of para-hydroxylation sites is 2. The number of hydrogen-bond acceptors (Lipinski definition) is 6. The van der Waals surface area contributed by atoms with Gasteiger partial charge in [0.1, 0.15) is 16.2 Å². The van der Waals surface area contributed by atoms with Crippen LogP contribution in [0, 0.1) is 0 Å². The van der Waals surface area contributed by atoms with Crippen LogP contribution in [0.2, 0.25) is 0 Å². The summed E-state index contributed by atoms with van der Waals surface area (Å²) < 4.78 is 61.8. The van der Waals surface area contributed by atoms with Gasteiger partial charge < -0.3 is 4.42 Å². The van der Waals surface area contributed by atoms with E-state index in [-0.39, 0.29) is 11.1 Å². The fraction of sp³-hybridized carbons (Fsp3) is 0.0545. The Bertz CT molecular complexity index is 3660. The van der Waals surface area contributed by atoms with Crippen molar-refractivity contribution in [2.75, 3.05) is 0 Å². The summed E-state index contributed by atoms with van der Waals surface area (Å²) in [5.74, 6) is 1.67. The molecule has 0 radical (unpaired) electrons. The number of nitrogens with zero attached hydrogens (tertiary/aromatic N) is 4. The van der Waals surface area contributed by atoms with Crippen molar-refractivity contribution in [3.63, 3.8) is 0 Å². The average molecular weight is 807 g/mol. The first-order chi connectivity index (χ1) is 32.5. The number of hydrogen-bond donors (Lipinski definition) is 0. The summed E-state index contributed by atoms with van der Waals surface area (Å²) in [7, 11) is 0. The fourth-order valence-electron chi connectivity index (χ4n) is 8.70. The van der Waals surface area contributed by atoms with Gasteiger partial charge in [0.25, 0.3) is 0 Å². The Morgan fingerprint density at radius 2 is 0.984 bits per heavy atom. The van der Waals surface area contributed by atoms with Gasteiger partial charge in [0.2, 0.25) is 0 Å². The van der Waals surface area contributed by atoms with Gasteiger partial charge in [-0.25, -0.2) is 19.9 Å². The first-order valence-electron chi connectivity index (χ1n) is 23.0. The van der Waals surface area contributed by atoms with Crippen LogP contribution in [-0.2, 0) is 5.41 Å². The van der Waals surface area contributed by atoms with Gasteiger partial charge in [-0.3, -0.25) is 0 Å². The van der Waals surface area contributed by atoms with Gasteiger partial charge in [-0.2, -0.15) is 0 Å². The molecule has 5 nitrogen and oxygen atoms in total. The van der Waals surface area contributed by atoms with Crippen LogP contribution in [0.4, 0.5) is 0 Å². The topological polar surface area (TPSA) is 64.7 Å². The number of rotatable bonds is 6. The zero-order chi connectivity index (χ0) is 45.7. The van der Waals surface area contributed by atoms with Crippen LogP contribution in [0.15, 0.2) is 186 Å². The highest BCUT2D eigenvalue weighted by atomic mass is 32.1. The van der Waals surface area contributed by atoms with E-state index in [1.54, 1.807) is 18.2 Å². The van der Waals surface area contributed by atoms with Crippen molar-refractivity contribution in [3.05, 3.63) is 193 Å². The van der Waals surface area contributed by atoms with E-state index in [1.807, 2.05) is 158 Å². The van der Waals surface area contributed by atoms with Crippen molar-refractivity contribution in [2.45, 2.75) is 19.1 Å². The zero-order valence-corrected chi connectivity index (χ0v) is 33.2. The first kappa shape index (κ1) is 29.6. The normalized spacial score (nSPS) is 14.8. The highest BCUT2D eigenvalue weighted by Crippen LogP contribution is 2.54. The minimum atomic E-state index is -2.94. The predicted octanol–water partition coefficient (Wildman–Crippen LogP) is 14.7.